The lowest BCUT2D eigenvalue weighted by Gasteiger charge is -2.37. The van der Waals surface area contributed by atoms with Gasteiger partial charge in [-0.25, -0.2) is 17.2 Å². The lowest BCUT2D eigenvalue weighted by Crippen LogP contribution is -2.42. The van der Waals surface area contributed by atoms with Gasteiger partial charge in [-0.3, -0.25) is 0 Å². The van der Waals surface area contributed by atoms with E-state index >= 15 is 0 Å². The molecule has 1 N–H and O–H groups in total. The monoisotopic (exact) mass is 414 g/mol. The minimum Gasteiger partial charge on any atom is -0.364 e. The number of fused-ring (bicyclic) bond motifs is 1. The van der Waals surface area contributed by atoms with E-state index in [9.17, 15) is 17.2 Å². The number of benzene rings is 3. The number of nitrogens with one attached hydrogen (secondary N) is 1. The van der Waals surface area contributed by atoms with Gasteiger partial charge in [-0.05, 0) is 54.8 Å². The zero-order chi connectivity index (χ0) is 20.8. The van der Waals surface area contributed by atoms with Crippen LogP contribution in [0.4, 0.5) is 14.5 Å². The van der Waals surface area contributed by atoms with E-state index in [0.717, 1.165) is 28.8 Å². The maximum absolute atomic E-state index is 13.9. The second kappa shape index (κ2) is 7.24. The summed E-state index contributed by atoms with van der Waals surface area (Å²) in [6.07, 6.45) is -0.870. The number of hydrogen-bond donors (Lipinski definition) is 1. The average molecular weight is 414 g/mol. The SMILES string of the molecule is Cc1ccc(C)c(CN2C(c3ccc(F)c(F)c3)Nc3ccccc3S2(=O)=O)c1. The second-order valence-electron chi connectivity index (χ2n) is 7.20. The van der Waals surface area contributed by atoms with Gasteiger partial charge in [0, 0.05) is 6.54 Å². The summed E-state index contributed by atoms with van der Waals surface area (Å²) in [6.45, 7) is 3.95. The van der Waals surface area contributed by atoms with Crippen molar-refractivity contribution in [2.45, 2.75) is 31.5 Å². The number of sulfonamides is 1. The molecule has 0 fully saturated rings. The highest BCUT2D eigenvalue weighted by Crippen LogP contribution is 2.39. The number of hydrogen-bond acceptors (Lipinski definition) is 3. The van der Waals surface area contributed by atoms with Crippen LogP contribution in [-0.4, -0.2) is 12.7 Å². The quantitative estimate of drug-likeness (QED) is 0.663. The maximum atomic E-state index is 13.9. The topological polar surface area (TPSA) is 49.4 Å². The highest BCUT2D eigenvalue weighted by Gasteiger charge is 2.39. The van der Waals surface area contributed by atoms with Gasteiger partial charge in [0.25, 0.3) is 0 Å². The van der Waals surface area contributed by atoms with Crippen molar-refractivity contribution in [3.63, 3.8) is 0 Å². The summed E-state index contributed by atoms with van der Waals surface area (Å²) < 4.78 is 55.6. The Labute approximate surface area is 168 Å². The van der Waals surface area contributed by atoms with Crippen LogP contribution in [0.2, 0.25) is 0 Å². The summed E-state index contributed by atoms with van der Waals surface area (Å²) in [5.41, 5.74) is 3.57. The van der Waals surface area contributed by atoms with Gasteiger partial charge in [0.15, 0.2) is 11.6 Å². The van der Waals surface area contributed by atoms with Crippen molar-refractivity contribution in [1.82, 2.24) is 4.31 Å². The van der Waals surface area contributed by atoms with Crippen molar-refractivity contribution in [3.05, 3.63) is 94.6 Å². The molecule has 1 aliphatic heterocycles. The zero-order valence-corrected chi connectivity index (χ0v) is 16.8. The van der Waals surface area contributed by atoms with Gasteiger partial charge in [-0.1, -0.05) is 42.0 Å². The van der Waals surface area contributed by atoms with E-state index in [-0.39, 0.29) is 11.4 Å². The molecule has 0 spiro atoms. The Morgan fingerprint density at radius 1 is 0.966 bits per heavy atom. The van der Waals surface area contributed by atoms with E-state index in [0.29, 0.717) is 11.3 Å². The van der Waals surface area contributed by atoms with E-state index < -0.39 is 27.8 Å². The normalized spacial score (nSPS) is 18.1. The molecule has 0 radical (unpaired) electrons. The molecule has 1 aliphatic rings. The molecule has 1 heterocycles. The lowest BCUT2D eigenvalue weighted by atomic mass is 10.0. The molecular formula is C22H20F2N2O2S. The van der Waals surface area contributed by atoms with E-state index in [4.69, 9.17) is 0 Å². The number of anilines is 1. The first-order chi connectivity index (χ1) is 13.8. The molecule has 0 saturated carbocycles. The van der Waals surface area contributed by atoms with Crippen molar-refractivity contribution >= 4 is 15.7 Å². The Hall–Kier alpha value is -2.77. The van der Waals surface area contributed by atoms with Crippen LogP contribution >= 0.6 is 0 Å². The minimum atomic E-state index is -3.88. The van der Waals surface area contributed by atoms with Crippen molar-refractivity contribution in [1.29, 1.82) is 0 Å². The van der Waals surface area contributed by atoms with Crippen LogP contribution in [0.1, 0.15) is 28.4 Å². The highest BCUT2D eigenvalue weighted by atomic mass is 32.2. The molecule has 0 aromatic heterocycles. The molecule has 0 saturated heterocycles. The fourth-order valence-corrected chi connectivity index (χ4v) is 5.21. The maximum Gasteiger partial charge on any atom is 0.247 e. The summed E-state index contributed by atoms with van der Waals surface area (Å²) in [4.78, 5) is 0.157. The standard InChI is InChI=1S/C22H20F2N2O2S/c1-14-7-8-15(2)17(11-14)13-26-22(16-9-10-18(23)19(24)12-16)25-20-5-3-4-6-21(20)29(26,27)28/h3-12,22,25H,13H2,1-2H3. The van der Waals surface area contributed by atoms with Crippen molar-refractivity contribution < 1.29 is 17.2 Å². The second-order valence-corrected chi connectivity index (χ2v) is 9.06. The molecule has 0 aliphatic carbocycles. The Morgan fingerprint density at radius 2 is 1.72 bits per heavy atom. The molecule has 4 nitrogen and oxygen atoms in total. The van der Waals surface area contributed by atoms with E-state index in [1.54, 1.807) is 18.2 Å². The highest BCUT2D eigenvalue weighted by molar-refractivity contribution is 7.89. The number of halogens is 2. The number of para-hydroxylation sites is 1. The molecule has 3 aromatic rings. The van der Waals surface area contributed by atoms with Gasteiger partial charge in [-0.15, -0.1) is 0 Å². The Bertz CT molecular complexity index is 1200. The smallest absolute Gasteiger partial charge is 0.247 e. The molecule has 1 unspecified atom stereocenters. The minimum absolute atomic E-state index is 0.0981. The van der Waals surface area contributed by atoms with E-state index in [2.05, 4.69) is 5.32 Å². The van der Waals surface area contributed by atoms with Crippen LogP contribution in [0.15, 0.2) is 65.6 Å². The van der Waals surface area contributed by atoms with Gasteiger partial charge < -0.3 is 5.32 Å². The molecule has 29 heavy (non-hydrogen) atoms. The molecule has 150 valence electrons. The van der Waals surface area contributed by atoms with Crippen LogP contribution in [-0.2, 0) is 16.6 Å². The molecule has 7 heteroatoms. The van der Waals surface area contributed by atoms with Gasteiger partial charge >= 0.3 is 0 Å². The summed E-state index contributed by atoms with van der Waals surface area (Å²) >= 11 is 0. The third-order valence-electron chi connectivity index (χ3n) is 5.14. The van der Waals surface area contributed by atoms with Gasteiger partial charge in [0.05, 0.1) is 5.69 Å². The van der Waals surface area contributed by atoms with E-state index in [1.165, 1.54) is 16.4 Å². The van der Waals surface area contributed by atoms with Crippen LogP contribution in [0.5, 0.6) is 0 Å². The Morgan fingerprint density at radius 3 is 2.48 bits per heavy atom. The van der Waals surface area contributed by atoms with Gasteiger partial charge in [0.1, 0.15) is 11.1 Å². The Kier molecular flexibility index (Phi) is 4.88. The molecular weight excluding hydrogens is 394 g/mol. The zero-order valence-electron chi connectivity index (χ0n) is 16.0. The first-order valence-corrected chi connectivity index (χ1v) is 10.6. The first-order valence-electron chi connectivity index (χ1n) is 9.16. The lowest BCUT2D eigenvalue weighted by molar-refractivity contribution is 0.334. The summed E-state index contributed by atoms with van der Waals surface area (Å²) in [7, 11) is -3.88. The van der Waals surface area contributed by atoms with Gasteiger partial charge in [0.2, 0.25) is 10.0 Å². The summed E-state index contributed by atoms with van der Waals surface area (Å²) in [5, 5.41) is 3.18. The van der Waals surface area contributed by atoms with Crippen LogP contribution in [0.3, 0.4) is 0 Å². The van der Waals surface area contributed by atoms with Gasteiger partial charge in [-0.2, -0.15) is 4.31 Å². The molecule has 0 amide bonds. The van der Waals surface area contributed by atoms with Crippen molar-refractivity contribution in [2.75, 3.05) is 5.32 Å². The predicted molar refractivity (Wildman–Crippen MR) is 108 cm³/mol. The summed E-state index contributed by atoms with van der Waals surface area (Å²) in [5.74, 6) is -2.00. The number of aryl methyl sites for hydroxylation is 2. The predicted octanol–water partition coefficient (Wildman–Crippen LogP) is 4.90. The van der Waals surface area contributed by atoms with Crippen molar-refractivity contribution in [3.8, 4) is 0 Å². The molecule has 0 bridgehead atoms. The fourth-order valence-electron chi connectivity index (χ4n) is 3.54. The van der Waals surface area contributed by atoms with Crippen molar-refractivity contribution in [2.24, 2.45) is 0 Å². The number of nitrogens with zero attached hydrogens (tertiary/aromatic N) is 1. The van der Waals surface area contributed by atoms with Crippen LogP contribution < -0.4 is 5.32 Å². The fraction of sp³-hybridized carbons (Fsp3) is 0.182. The molecule has 1 atom stereocenters. The largest absolute Gasteiger partial charge is 0.364 e. The third kappa shape index (κ3) is 3.52. The molecule has 3 aromatic carbocycles. The Balaban J connectivity index is 1.87. The van der Waals surface area contributed by atoms with Crippen LogP contribution in [0, 0.1) is 25.5 Å². The average Bonchev–Trinajstić information content (AvgIpc) is 2.69. The van der Waals surface area contributed by atoms with E-state index in [1.807, 2.05) is 32.0 Å². The number of rotatable bonds is 3. The molecule has 4 rings (SSSR count). The first kappa shape index (κ1) is 19.5. The van der Waals surface area contributed by atoms with Crippen LogP contribution in [0.25, 0.3) is 0 Å². The third-order valence-corrected chi connectivity index (χ3v) is 7.01. The summed E-state index contributed by atoms with van der Waals surface area (Å²) in [6, 6.07) is 15.9.